The standard InChI is InChI=1S/C21H28N2O3/c1-15(2)17-6-8-18(9-7-17)23-21(24)11-12-22-14-16-5-10-19(25-3)20(13-16)26-4/h5-10,13,15,22H,11-12,14H2,1-4H3,(H,23,24). The third-order valence-corrected chi connectivity index (χ3v) is 4.17. The Labute approximate surface area is 155 Å². The second kappa shape index (κ2) is 9.82. The highest BCUT2D eigenvalue weighted by molar-refractivity contribution is 5.90. The van der Waals surface area contributed by atoms with Gasteiger partial charge in [0, 0.05) is 25.2 Å². The Bertz CT molecular complexity index is 712. The highest BCUT2D eigenvalue weighted by atomic mass is 16.5. The average molecular weight is 356 g/mol. The van der Waals surface area contributed by atoms with Crippen molar-refractivity contribution in [2.75, 3.05) is 26.1 Å². The van der Waals surface area contributed by atoms with Crippen LogP contribution >= 0.6 is 0 Å². The van der Waals surface area contributed by atoms with Crippen LogP contribution in [0.4, 0.5) is 5.69 Å². The van der Waals surface area contributed by atoms with Gasteiger partial charge in [-0.3, -0.25) is 4.79 Å². The first kappa shape index (κ1) is 19.8. The maximum atomic E-state index is 12.0. The number of ether oxygens (including phenoxy) is 2. The summed E-state index contributed by atoms with van der Waals surface area (Å²) < 4.78 is 10.5. The van der Waals surface area contributed by atoms with Gasteiger partial charge >= 0.3 is 0 Å². The Kier molecular flexibility index (Phi) is 7.48. The lowest BCUT2D eigenvalue weighted by molar-refractivity contribution is -0.116. The molecular formula is C21H28N2O3. The predicted octanol–water partition coefficient (Wildman–Crippen LogP) is 3.95. The normalized spacial score (nSPS) is 10.7. The highest BCUT2D eigenvalue weighted by Gasteiger charge is 2.06. The summed E-state index contributed by atoms with van der Waals surface area (Å²) in [7, 11) is 3.23. The van der Waals surface area contributed by atoms with E-state index in [1.165, 1.54) is 5.56 Å². The van der Waals surface area contributed by atoms with Gasteiger partial charge < -0.3 is 20.1 Å². The molecule has 2 rings (SSSR count). The number of hydrogen-bond donors (Lipinski definition) is 2. The first-order chi connectivity index (χ1) is 12.5. The van der Waals surface area contributed by atoms with Crippen molar-refractivity contribution in [1.82, 2.24) is 5.32 Å². The summed E-state index contributed by atoms with van der Waals surface area (Å²) in [6.07, 6.45) is 0.416. The van der Waals surface area contributed by atoms with Crippen LogP contribution in [0.3, 0.4) is 0 Å². The number of hydrogen-bond acceptors (Lipinski definition) is 4. The molecule has 0 aromatic heterocycles. The second-order valence-corrected chi connectivity index (χ2v) is 6.44. The smallest absolute Gasteiger partial charge is 0.225 e. The lowest BCUT2D eigenvalue weighted by Crippen LogP contribution is -2.21. The molecule has 0 spiro atoms. The molecule has 0 heterocycles. The van der Waals surface area contributed by atoms with E-state index in [4.69, 9.17) is 9.47 Å². The largest absolute Gasteiger partial charge is 0.493 e. The van der Waals surface area contributed by atoms with E-state index in [-0.39, 0.29) is 5.91 Å². The van der Waals surface area contributed by atoms with E-state index in [2.05, 4.69) is 36.6 Å². The van der Waals surface area contributed by atoms with Gasteiger partial charge in [-0.2, -0.15) is 0 Å². The molecule has 5 heteroatoms. The van der Waals surface area contributed by atoms with Crippen molar-refractivity contribution < 1.29 is 14.3 Å². The quantitative estimate of drug-likeness (QED) is 0.668. The number of nitrogens with one attached hydrogen (secondary N) is 2. The number of amides is 1. The Balaban J connectivity index is 1.74. The molecule has 0 saturated heterocycles. The third kappa shape index (κ3) is 5.77. The van der Waals surface area contributed by atoms with Gasteiger partial charge in [-0.1, -0.05) is 32.0 Å². The summed E-state index contributed by atoms with van der Waals surface area (Å²) in [5.74, 6) is 1.90. The summed E-state index contributed by atoms with van der Waals surface area (Å²) in [5.41, 5.74) is 3.17. The molecule has 5 nitrogen and oxygen atoms in total. The van der Waals surface area contributed by atoms with Crippen LogP contribution < -0.4 is 20.1 Å². The van der Waals surface area contributed by atoms with Gasteiger partial charge in [0.1, 0.15) is 0 Å². The lowest BCUT2D eigenvalue weighted by Gasteiger charge is -2.11. The molecule has 1 amide bonds. The van der Waals surface area contributed by atoms with Gasteiger partial charge in [0.25, 0.3) is 0 Å². The van der Waals surface area contributed by atoms with Crippen LogP contribution in [-0.2, 0) is 11.3 Å². The molecule has 0 fully saturated rings. The molecule has 0 aliphatic carbocycles. The maximum Gasteiger partial charge on any atom is 0.225 e. The zero-order valence-electron chi connectivity index (χ0n) is 16.0. The molecule has 2 N–H and O–H groups in total. The number of carbonyl (C=O) groups excluding carboxylic acids is 1. The van der Waals surface area contributed by atoms with Gasteiger partial charge in [-0.25, -0.2) is 0 Å². The fourth-order valence-electron chi connectivity index (χ4n) is 2.60. The van der Waals surface area contributed by atoms with Crippen molar-refractivity contribution in [3.63, 3.8) is 0 Å². The minimum absolute atomic E-state index is 0.00195. The minimum Gasteiger partial charge on any atom is -0.493 e. The SMILES string of the molecule is COc1ccc(CNCCC(=O)Nc2ccc(C(C)C)cc2)cc1OC. The molecule has 140 valence electrons. The van der Waals surface area contributed by atoms with Crippen LogP contribution in [0.15, 0.2) is 42.5 Å². The molecule has 0 bridgehead atoms. The molecule has 0 aliphatic rings. The van der Waals surface area contributed by atoms with Gasteiger partial charge in [-0.05, 0) is 41.3 Å². The van der Waals surface area contributed by atoms with E-state index in [1.54, 1.807) is 14.2 Å². The van der Waals surface area contributed by atoms with Crippen molar-refractivity contribution in [3.05, 3.63) is 53.6 Å². The predicted molar refractivity (Wildman–Crippen MR) is 105 cm³/mol. The van der Waals surface area contributed by atoms with Crippen LogP contribution in [0.2, 0.25) is 0 Å². The topological polar surface area (TPSA) is 59.6 Å². The zero-order chi connectivity index (χ0) is 18.9. The maximum absolute atomic E-state index is 12.0. The number of benzene rings is 2. The van der Waals surface area contributed by atoms with Crippen LogP contribution in [0.25, 0.3) is 0 Å². The number of carbonyl (C=O) groups is 1. The van der Waals surface area contributed by atoms with E-state index in [0.29, 0.717) is 36.9 Å². The van der Waals surface area contributed by atoms with E-state index in [0.717, 1.165) is 11.3 Å². The molecule has 0 saturated carbocycles. The molecule has 0 aliphatic heterocycles. The Morgan fingerprint density at radius 3 is 2.31 bits per heavy atom. The van der Waals surface area contributed by atoms with Crippen LogP contribution in [0.5, 0.6) is 11.5 Å². The molecular weight excluding hydrogens is 328 g/mol. The zero-order valence-corrected chi connectivity index (χ0v) is 16.0. The fourth-order valence-corrected chi connectivity index (χ4v) is 2.60. The first-order valence-corrected chi connectivity index (χ1v) is 8.85. The van der Waals surface area contributed by atoms with Crippen LogP contribution in [0.1, 0.15) is 37.3 Å². The van der Waals surface area contributed by atoms with Gasteiger partial charge in [0.15, 0.2) is 11.5 Å². The van der Waals surface area contributed by atoms with Crippen molar-refractivity contribution >= 4 is 11.6 Å². The molecule has 2 aromatic rings. The van der Waals surface area contributed by atoms with E-state index in [1.807, 2.05) is 30.3 Å². The van der Waals surface area contributed by atoms with Crippen molar-refractivity contribution in [3.8, 4) is 11.5 Å². The summed E-state index contributed by atoms with van der Waals surface area (Å²) in [6, 6.07) is 13.8. The molecule has 0 radical (unpaired) electrons. The number of methoxy groups -OCH3 is 2. The van der Waals surface area contributed by atoms with Gasteiger partial charge in [0.2, 0.25) is 5.91 Å². The van der Waals surface area contributed by atoms with Crippen molar-refractivity contribution in [2.45, 2.75) is 32.7 Å². The monoisotopic (exact) mass is 356 g/mol. The highest BCUT2D eigenvalue weighted by Crippen LogP contribution is 2.27. The molecule has 2 aromatic carbocycles. The average Bonchev–Trinajstić information content (AvgIpc) is 2.65. The molecule has 0 unspecified atom stereocenters. The number of rotatable bonds is 9. The van der Waals surface area contributed by atoms with E-state index in [9.17, 15) is 4.79 Å². The van der Waals surface area contributed by atoms with Crippen LogP contribution in [0, 0.1) is 0 Å². The Hall–Kier alpha value is -2.53. The summed E-state index contributed by atoms with van der Waals surface area (Å²) in [6.45, 7) is 5.57. The van der Waals surface area contributed by atoms with Crippen LogP contribution in [-0.4, -0.2) is 26.7 Å². The Morgan fingerprint density at radius 1 is 1.00 bits per heavy atom. The third-order valence-electron chi connectivity index (χ3n) is 4.17. The lowest BCUT2D eigenvalue weighted by atomic mass is 10.0. The Morgan fingerprint density at radius 2 is 1.69 bits per heavy atom. The van der Waals surface area contributed by atoms with Gasteiger partial charge in [-0.15, -0.1) is 0 Å². The summed E-state index contributed by atoms with van der Waals surface area (Å²) in [5, 5.41) is 6.20. The molecule has 26 heavy (non-hydrogen) atoms. The summed E-state index contributed by atoms with van der Waals surface area (Å²) in [4.78, 5) is 12.0. The fraction of sp³-hybridized carbons (Fsp3) is 0.381. The number of anilines is 1. The summed E-state index contributed by atoms with van der Waals surface area (Å²) >= 11 is 0. The molecule has 0 atom stereocenters. The van der Waals surface area contributed by atoms with Gasteiger partial charge in [0.05, 0.1) is 14.2 Å². The first-order valence-electron chi connectivity index (χ1n) is 8.85. The minimum atomic E-state index is 0.00195. The van der Waals surface area contributed by atoms with E-state index < -0.39 is 0 Å². The van der Waals surface area contributed by atoms with Crippen molar-refractivity contribution in [1.29, 1.82) is 0 Å². The second-order valence-electron chi connectivity index (χ2n) is 6.44. The van der Waals surface area contributed by atoms with E-state index >= 15 is 0 Å². The van der Waals surface area contributed by atoms with Crippen molar-refractivity contribution in [2.24, 2.45) is 0 Å².